The number of nitrogens with zero attached hydrogens (tertiary/aromatic N) is 2. The molecule has 1 aromatic carbocycles. The Morgan fingerprint density at radius 2 is 2.26 bits per heavy atom. The molecule has 23 heavy (non-hydrogen) atoms. The Labute approximate surface area is 133 Å². The molecule has 1 N–H and O–H groups in total. The second-order valence-corrected chi connectivity index (χ2v) is 6.47. The summed E-state index contributed by atoms with van der Waals surface area (Å²) in [7, 11) is 0. The van der Waals surface area contributed by atoms with Crippen LogP contribution >= 0.6 is 0 Å². The average Bonchev–Trinajstić information content (AvgIpc) is 2.81. The highest BCUT2D eigenvalue weighted by atomic mass is 19.1. The summed E-state index contributed by atoms with van der Waals surface area (Å²) in [4.78, 5) is 11.7. The van der Waals surface area contributed by atoms with Gasteiger partial charge in [0.25, 0.3) is 0 Å². The van der Waals surface area contributed by atoms with Crippen molar-refractivity contribution < 1.29 is 18.7 Å². The summed E-state index contributed by atoms with van der Waals surface area (Å²) in [5.74, 6) is -0.0972. The fourth-order valence-corrected chi connectivity index (χ4v) is 2.64. The Morgan fingerprint density at radius 3 is 3.00 bits per heavy atom. The van der Waals surface area contributed by atoms with Crippen LogP contribution in [0, 0.1) is 5.82 Å². The maximum Gasteiger partial charge on any atom is 0.407 e. The van der Waals surface area contributed by atoms with Crippen LogP contribution in [0.2, 0.25) is 0 Å². The zero-order chi connectivity index (χ0) is 16.6. The van der Waals surface area contributed by atoms with Crippen molar-refractivity contribution in [1.29, 1.82) is 0 Å². The molecule has 0 spiro atoms. The molecule has 1 aliphatic rings. The summed E-state index contributed by atoms with van der Waals surface area (Å²) in [6.07, 6.45) is 0.206. The number of hydrogen-bond donors (Lipinski definition) is 1. The second kappa shape index (κ2) is 5.72. The Bertz CT molecular complexity index is 749. The van der Waals surface area contributed by atoms with E-state index in [0.29, 0.717) is 31.6 Å². The summed E-state index contributed by atoms with van der Waals surface area (Å²) in [5.41, 5.74) is 1.11. The molecule has 0 aliphatic carbocycles. The number of carbonyl (C=O) groups excluding carboxylic acids is 1. The molecule has 0 saturated carbocycles. The Kier molecular flexibility index (Phi) is 3.87. The number of nitrogens with one attached hydrogen (secondary N) is 1. The van der Waals surface area contributed by atoms with E-state index in [9.17, 15) is 9.18 Å². The van der Waals surface area contributed by atoms with Gasteiger partial charge in [-0.15, -0.1) is 0 Å². The lowest BCUT2D eigenvalue weighted by atomic mass is 10.1. The molecule has 2 aromatic rings. The van der Waals surface area contributed by atoms with E-state index >= 15 is 0 Å². The normalized spacial score (nSPS) is 13.7. The molecular formula is C16H20FN3O3. The molecule has 1 amide bonds. The van der Waals surface area contributed by atoms with Gasteiger partial charge in [-0.25, -0.2) is 9.18 Å². The monoisotopic (exact) mass is 321 g/mol. The lowest BCUT2D eigenvalue weighted by molar-refractivity contribution is 0.0525. The largest absolute Gasteiger partial charge is 0.489 e. The first-order valence-corrected chi connectivity index (χ1v) is 7.63. The first-order valence-electron chi connectivity index (χ1n) is 7.63. The van der Waals surface area contributed by atoms with Crippen molar-refractivity contribution >= 4 is 17.0 Å². The fraction of sp³-hybridized carbons (Fsp3) is 0.500. The highest BCUT2D eigenvalue weighted by Gasteiger charge is 2.23. The predicted molar refractivity (Wildman–Crippen MR) is 83.1 cm³/mol. The topological polar surface area (TPSA) is 65.4 Å². The number of ether oxygens (including phenoxy) is 2. The number of halogens is 1. The third kappa shape index (κ3) is 3.23. The van der Waals surface area contributed by atoms with Crippen LogP contribution in [0.4, 0.5) is 9.18 Å². The van der Waals surface area contributed by atoms with E-state index in [1.54, 1.807) is 10.7 Å². The second-order valence-electron chi connectivity index (χ2n) is 6.47. The Morgan fingerprint density at radius 1 is 1.48 bits per heavy atom. The maximum atomic E-state index is 13.8. The zero-order valence-electron chi connectivity index (χ0n) is 13.5. The van der Waals surface area contributed by atoms with Crippen molar-refractivity contribution in [2.24, 2.45) is 0 Å². The molecule has 6 nitrogen and oxygen atoms in total. The van der Waals surface area contributed by atoms with Crippen LogP contribution in [-0.4, -0.2) is 34.6 Å². The number of hydrogen-bond acceptors (Lipinski definition) is 4. The summed E-state index contributed by atoms with van der Waals surface area (Å²) in [6.45, 7) is 6.74. The van der Waals surface area contributed by atoms with E-state index in [1.165, 1.54) is 6.07 Å². The predicted octanol–water partition coefficient (Wildman–Crippen LogP) is 2.64. The van der Waals surface area contributed by atoms with Crippen molar-refractivity contribution in [3.05, 3.63) is 23.6 Å². The zero-order valence-corrected chi connectivity index (χ0v) is 13.5. The van der Waals surface area contributed by atoms with Crippen molar-refractivity contribution in [1.82, 2.24) is 15.1 Å². The van der Waals surface area contributed by atoms with Crippen LogP contribution in [-0.2, 0) is 17.7 Å². The molecule has 0 radical (unpaired) electrons. The molecule has 0 fully saturated rings. The molecule has 1 aromatic heterocycles. The van der Waals surface area contributed by atoms with Crippen LogP contribution in [0.5, 0.6) is 5.75 Å². The average molecular weight is 321 g/mol. The molecule has 0 atom stereocenters. The molecule has 0 saturated heterocycles. The summed E-state index contributed by atoms with van der Waals surface area (Å²) in [5, 5.41) is 7.90. The van der Waals surface area contributed by atoms with E-state index in [-0.39, 0.29) is 11.6 Å². The van der Waals surface area contributed by atoms with Gasteiger partial charge in [-0.1, -0.05) is 0 Å². The quantitative estimate of drug-likeness (QED) is 0.944. The van der Waals surface area contributed by atoms with Gasteiger partial charge in [-0.2, -0.15) is 5.10 Å². The van der Waals surface area contributed by atoms with Gasteiger partial charge in [0.1, 0.15) is 5.60 Å². The van der Waals surface area contributed by atoms with E-state index in [2.05, 4.69) is 10.4 Å². The lowest BCUT2D eigenvalue weighted by Crippen LogP contribution is -2.34. The number of benzene rings is 1. The van der Waals surface area contributed by atoms with E-state index < -0.39 is 11.7 Å². The van der Waals surface area contributed by atoms with Gasteiger partial charge in [0.2, 0.25) is 0 Å². The van der Waals surface area contributed by atoms with Crippen molar-refractivity contribution in [3.63, 3.8) is 0 Å². The fourth-order valence-electron chi connectivity index (χ4n) is 2.64. The number of carbonyl (C=O) groups is 1. The summed E-state index contributed by atoms with van der Waals surface area (Å²) in [6, 6.07) is 3.01. The van der Waals surface area contributed by atoms with Gasteiger partial charge in [0.15, 0.2) is 11.6 Å². The van der Waals surface area contributed by atoms with Gasteiger partial charge in [-0.05, 0) is 32.9 Å². The maximum absolute atomic E-state index is 13.8. The molecular weight excluding hydrogens is 301 g/mol. The number of alkyl carbamates (subject to hydrolysis) is 1. The Balaban J connectivity index is 1.72. The van der Waals surface area contributed by atoms with Gasteiger partial charge in [-0.3, -0.25) is 4.68 Å². The summed E-state index contributed by atoms with van der Waals surface area (Å²) >= 11 is 0. The first kappa shape index (κ1) is 15.6. The van der Waals surface area contributed by atoms with Crippen LogP contribution in [0.1, 0.15) is 26.5 Å². The van der Waals surface area contributed by atoms with Crippen molar-refractivity contribution in [3.8, 4) is 5.75 Å². The Hall–Kier alpha value is -2.31. The van der Waals surface area contributed by atoms with Crippen LogP contribution < -0.4 is 10.1 Å². The molecule has 1 aliphatic heterocycles. The number of rotatable bonds is 3. The van der Waals surface area contributed by atoms with Crippen molar-refractivity contribution in [2.75, 3.05) is 13.2 Å². The molecule has 124 valence electrons. The minimum atomic E-state index is -0.528. The van der Waals surface area contributed by atoms with Crippen LogP contribution in [0.25, 0.3) is 10.9 Å². The molecule has 0 unspecified atom stereocenters. The lowest BCUT2D eigenvalue weighted by Gasteiger charge is -2.20. The van der Waals surface area contributed by atoms with E-state index in [4.69, 9.17) is 9.47 Å². The van der Waals surface area contributed by atoms with Gasteiger partial charge >= 0.3 is 6.09 Å². The minimum absolute atomic E-state index is 0.273. The smallest absolute Gasteiger partial charge is 0.407 e. The number of aromatic nitrogens is 2. The standard InChI is InChI=1S/C16H20FN3O3/c1-16(2,3)23-15(21)18-7-8-20-12-6-9-22-14-10(17)4-5-11(19-20)13(12)14/h4-5H,6-9H2,1-3H3,(H,18,21). The summed E-state index contributed by atoms with van der Waals surface area (Å²) < 4.78 is 26.2. The SMILES string of the molecule is CC(C)(C)OC(=O)NCCn1nc2ccc(F)c3c2c1CCO3. The highest BCUT2D eigenvalue weighted by Crippen LogP contribution is 2.34. The third-order valence-corrected chi connectivity index (χ3v) is 3.49. The van der Waals surface area contributed by atoms with Gasteiger partial charge in [0.05, 0.1) is 29.7 Å². The van der Waals surface area contributed by atoms with E-state index in [1.807, 2.05) is 20.8 Å². The minimum Gasteiger partial charge on any atom is -0.489 e. The third-order valence-electron chi connectivity index (χ3n) is 3.49. The van der Waals surface area contributed by atoms with Crippen molar-refractivity contribution in [2.45, 2.75) is 39.3 Å². The molecule has 3 rings (SSSR count). The first-order chi connectivity index (χ1) is 10.8. The number of amides is 1. The van der Waals surface area contributed by atoms with Gasteiger partial charge < -0.3 is 14.8 Å². The van der Waals surface area contributed by atoms with Gasteiger partial charge in [0, 0.05) is 13.0 Å². The molecule has 7 heteroatoms. The van der Waals surface area contributed by atoms with Crippen LogP contribution in [0.3, 0.4) is 0 Å². The highest BCUT2D eigenvalue weighted by molar-refractivity contribution is 5.88. The van der Waals surface area contributed by atoms with E-state index in [0.717, 1.165) is 11.1 Å². The molecule has 0 bridgehead atoms. The molecule has 2 heterocycles. The van der Waals surface area contributed by atoms with Crippen LogP contribution in [0.15, 0.2) is 12.1 Å².